The summed E-state index contributed by atoms with van der Waals surface area (Å²) in [7, 11) is -2.78. The highest BCUT2D eigenvalue weighted by atomic mass is 31.1. The van der Waals surface area contributed by atoms with Crippen molar-refractivity contribution in [2.24, 2.45) is 0 Å². The highest BCUT2D eigenvalue weighted by Gasteiger charge is 2.18. The van der Waals surface area contributed by atoms with Gasteiger partial charge in [-0.3, -0.25) is 14.3 Å². The molecule has 0 aliphatic rings. The number of hydrogen-bond donors (Lipinski definition) is 2. The van der Waals surface area contributed by atoms with E-state index in [1.54, 1.807) is 12.1 Å². The first-order chi connectivity index (χ1) is 16.7. The Morgan fingerprint density at radius 3 is 2.46 bits per heavy atom. The number of carboxylic acids is 1. The van der Waals surface area contributed by atoms with Gasteiger partial charge in [-0.1, -0.05) is 50.2 Å². The number of pyridine rings is 1. The van der Waals surface area contributed by atoms with Crippen LogP contribution in [0, 0.1) is 24.8 Å². The van der Waals surface area contributed by atoms with Gasteiger partial charge in [-0.25, -0.2) is 4.39 Å². The smallest absolute Gasteiger partial charge is 0.305 e. The minimum atomic E-state index is -2.78. The Morgan fingerprint density at radius 1 is 1.14 bits per heavy atom. The van der Waals surface area contributed by atoms with Crippen molar-refractivity contribution >= 4 is 14.0 Å². The van der Waals surface area contributed by atoms with Gasteiger partial charge >= 0.3 is 5.97 Å². The minimum absolute atomic E-state index is 0.0168. The summed E-state index contributed by atoms with van der Waals surface area (Å²) in [5.41, 5.74) is 5.49. The lowest BCUT2D eigenvalue weighted by molar-refractivity contribution is -0.138. The first-order valence-corrected chi connectivity index (χ1v) is 12.7. The summed E-state index contributed by atoms with van der Waals surface area (Å²) >= 11 is 0. The minimum Gasteiger partial charge on any atom is -0.481 e. The van der Waals surface area contributed by atoms with Gasteiger partial charge in [0.2, 0.25) is 8.03 Å². The third-order valence-corrected chi connectivity index (χ3v) is 6.46. The summed E-state index contributed by atoms with van der Waals surface area (Å²) < 4.78 is 30.9. The van der Waals surface area contributed by atoms with E-state index in [4.69, 9.17) is 14.6 Å². The second-order valence-corrected chi connectivity index (χ2v) is 9.81. The second-order valence-electron chi connectivity index (χ2n) is 8.45. The maximum Gasteiger partial charge on any atom is 0.305 e. The van der Waals surface area contributed by atoms with Crippen molar-refractivity contribution in [2.75, 3.05) is 6.16 Å². The number of halogens is 1. The van der Waals surface area contributed by atoms with Crippen LogP contribution in [0.2, 0.25) is 0 Å². The molecule has 8 heteroatoms. The monoisotopic (exact) mass is 495 g/mol. The quantitative estimate of drug-likeness (QED) is 0.311. The lowest BCUT2D eigenvalue weighted by Crippen LogP contribution is -2.15. The molecule has 0 bridgehead atoms. The number of benzene rings is 2. The summed E-state index contributed by atoms with van der Waals surface area (Å²) in [6.45, 7) is 5.97. The highest BCUT2D eigenvalue weighted by Crippen LogP contribution is 2.34. The van der Waals surface area contributed by atoms with Crippen LogP contribution in [0.5, 0.6) is 0 Å². The highest BCUT2D eigenvalue weighted by molar-refractivity contribution is 7.39. The average molecular weight is 495 g/mol. The molecule has 3 rings (SSSR count). The van der Waals surface area contributed by atoms with Gasteiger partial charge in [0.1, 0.15) is 11.9 Å². The van der Waals surface area contributed by atoms with Crippen LogP contribution in [0.3, 0.4) is 0 Å². The van der Waals surface area contributed by atoms with Crippen LogP contribution in [0.1, 0.15) is 43.0 Å². The van der Waals surface area contributed by atoms with E-state index in [-0.39, 0.29) is 17.9 Å². The van der Waals surface area contributed by atoms with Gasteiger partial charge < -0.3 is 14.7 Å². The fraction of sp³-hybridized carbons (Fsp3) is 0.259. The predicted octanol–water partition coefficient (Wildman–Crippen LogP) is 5.62. The number of rotatable bonds is 8. The first-order valence-electron chi connectivity index (χ1n) is 11.1. The molecule has 0 aliphatic carbocycles. The SMILES string of the molecule is Cc1ccccc1-c1cc(-c2ccc(F)cc2)c(C#CO[PH](=O)C[C@@H](O)CC(=O)O)c(C(C)C)n1. The Labute approximate surface area is 204 Å². The number of hydrogen-bond acceptors (Lipinski definition) is 5. The summed E-state index contributed by atoms with van der Waals surface area (Å²) in [5, 5.41) is 18.4. The molecule has 0 amide bonds. The van der Waals surface area contributed by atoms with Gasteiger partial charge in [0.25, 0.3) is 0 Å². The molecule has 1 aromatic heterocycles. The molecule has 1 unspecified atom stereocenters. The number of aryl methyl sites for hydroxylation is 1. The summed E-state index contributed by atoms with van der Waals surface area (Å²) in [6, 6.07) is 15.8. The fourth-order valence-corrected chi connectivity index (χ4v) is 4.39. The molecule has 0 radical (unpaired) electrons. The van der Waals surface area contributed by atoms with Crippen molar-refractivity contribution in [1.29, 1.82) is 0 Å². The van der Waals surface area contributed by atoms with Gasteiger partial charge in [0.05, 0.1) is 35.6 Å². The van der Waals surface area contributed by atoms with Crippen LogP contribution in [0.25, 0.3) is 22.4 Å². The molecule has 2 atom stereocenters. The first kappa shape index (κ1) is 26.2. The lowest BCUT2D eigenvalue weighted by Gasteiger charge is -2.16. The molecule has 0 spiro atoms. The lowest BCUT2D eigenvalue weighted by atomic mass is 9.92. The van der Waals surface area contributed by atoms with Crippen LogP contribution in [0.4, 0.5) is 4.39 Å². The number of aliphatic hydroxyl groups is 1. The Morgan fingerprint density at radius 2 is 1.83 bits per heavy atom. The fourth-order valence-electron chi connectivity index (χ4n) is 3.61. The summed E-state index contributed by atoms with van der Waals surface area (Å²) in [4.78, 5) is 15.6. The number of carbonyl (C=O) groups is 1. The molecule has 3 aromatic rings. The van der Waals surface area contributed by atoms with Gasteiger partial charge in [0, 0.05) is 11.1 Å². The third kappa shape index (κ3) is 7.02. The molecular weight excluding hydrogens is 468 g/mol. The van der Waals surface area contributed by atoms with Crippen LogP contribution in [-0.4, -0.2) is 33.4 Å². The van der Waals surface area contributed by atoms with E-state index >= 15 is 0 Å². The molecule has 35 heavy (non-hydrogen) atoms. The zero-order valence-electron chi connectivity index (χ0n) is 19.7. The normalized spacial score (nSPS) is 12.5. The van der Waals surface area contributed by atoms with Crippen LogP contribution >= 0.6 is 8.03 Å². The Bertz CT molecular complexity index is 1300. The van der Waals surface area contributed by atoms with Gasteiger partial charge in [-0.2, -0.15) is 0 Å². The van der Waals surface area contributed by atoms with E-state index in [1.807, 2.05) is 51.1 Å². The number of nitrogens with zero attached hydrogens (tertiary/aromatic N) is 1. The van der Waals surface area contributed by atoms with E-state index in [0.717, 1.165) is 27.9 Å². The topological polar surface area (TPSA) is 96.7 Å². The molecule has 0 saturated carbocycles. The molecule has 6 nitrogen and oxygen atoms in total. The molecular formula is C27H27FNO5P. The molecule has 2 N–H and O–H groups in total. The number of aliphatic carboxylic acids is 1. The molecule has 0 fully saturated rings. The van der Waals surface area contributed by atoms with Crippen molar-refractivity contribution in [3.8, 4) is 34.4 Å². The van der Waals surface area contributed by atoms with Gasteiger partial charge in [-0.15, -0.1) is 0 Å². The Kier molecular flexibility index (Phi) is 8.81. The maximum atomic E-state index is 13.6. The Balaban J connectivity index is 2.07. The van der Waals surface area contributed by atoms with Crippen molar-refractivity contribution in [2.45, 2.75) is 39.2 Å². The zero-order valence-corrected chi connectivity index (χ0v) is 20.7. The summed E-state index contributed by atoms with van der Waals surface area (Å²) in [5.74, 6) is 1.35. The van der Waals surface area contributed by atoms with E-state index in [0.29, 0.717) is 11.3 Å². The summed E-state index contributed by atoms with van der Waals surface area (Å²) in [6.07, 6.45) is 0.345. The third-order valence-electron chi connectivity index (χ3n) is 5.32. The van der Waals surface area contributed by atoms with Crippen LogP contribution in [-0.2, 0) is 13.9 Å². The standard InChI is InChI=1S/C27H27FNO5P/c1-17(2)27-23(12-13-34-35(33)16-21(30)14-26(31)32)24(19-8-10-20(28)11-9-19)15-25(29-27)22-7-5-4-6-18(22)3/h4-11,15,17,21,30,35H,14,16H2,1-3H3,(H,31,32)/t21-/m0/s1. The Hall–Kier alpha value is -3.46. The molecule has 0 aliphatic heterocycles. The van der Waals surface area contributed by atoms with Crippen molar-refractivity contribution < 1.29 is 28.5 Å². The van der Waals surface area contributed by atoms with E-state index < -0.39 is 26.5 Å². The van der Waals surface area contributed by atoms with E-state index in [2.05, 4.69) is 12.0 Å². The number of aliphatic hydroxyl groups excluding tert-OH is 1. The molecule has 182 valence electrons. The second kappa shape index (κ2) is 11.8. The average Bonchev–Trinajstić information content (AvgIpc) is 2.79. The molecule has 2 aromatic carbocycles. The van der Waals surface area contributed by atoms with Gasteiger partial charge in [0.15, 0.2) is 0 Å². The van der Waals surface area contributed by atoms with Gasteiger partial charge in [-0.05, 0) is 48.1 Å². The van der Waals surface area contributed by atoms with E-state index in [9.17, 15) is 18.9 Å². The van der Waals surface area contributed by atoms with Crippen LogP contribution in [0.15, 0.2) is 54.6 Å². The molecule has 1 heterocycles. The predicted molar refractivity (Wildman–Crippen MR) is 134 cm³/mol. The van der Waals surface area contributed by atoms with Crippen molar-refractivity contribution in [1.82, 2.24) is 4.98 Å². The largest absolute Gasteiger partial charge is 0.481 e. The van der Waals surface area contributed by atoms with Crippen molar-refractivity contribution in [3.63, 3.8) is 0 Å². The number of carboxylic acid groups (broad SMARTS) is 1. The van der Waals surface area contributed by atoms with E-state index in [1.165, 1.54) is 12.1 Å². The van der Waals surface area contributed by atoms with Crippen LogP contribution < -0.4 is 0 Å². The maximum absolute atomic E-state index is 13.6. The molecule has 0 saturated heterocycles. The zero-order chi connectivity index (χ0) is 25.5. The van der Waals surface area contributed by atoms with Crippen molar-refractivity contribution in [3.05, 3.63) is 77.2 Å². The number of aromatic nitrogens is 1.